The predicted molar refractivity (Wildman–Crippen MR) is 163 cm³/mol. The molecule has 0 amide bonds. The van der Waals surface area contributed by atoms with Gasteiger partial charge >= 0.3 is 0 Å². The summed E-state index contributed by atoms with van der Waals surface area (Å²) < 4.78 is 5.88. The number of aliphatic imine (C=N–C) groups is 1. The summed E-state index contributed by atoms with van der Waals surface area (Å²) in [5, 5.41) is 0.164. The van der Waals surface area contributed by atoms with Crippen LogP contribution >= 0.6 is 11.8 Å². The summed E-state index contributed by atoms with van der Waals surface area (Å²) in [5.41, 5.74) is 2.65. The molecule has 37 heavy (non-hydrogen) atoms. The maximum atomic E-state index is 12.4. The van der Waals surface area contributed by atoms with Crippen LogP contribution in [-0.2, 0) is 0 Å². The third kappa shape index (κ3) is 15.1. The summed E-state index contributed by atoms with van der Waals surface area (Å²) in [6.45, 7) is 5.28. The van der Waals surface area contributed by atoms with Gasteiger partial charge in [-0.3, -0.25) is 9.79 Å². The van der Waals surface area contributed by atoms with Gasteiger partial charge in [-0.15, -0.1) is 0 Å². The van der Waals surface area contributed by atoms with Crippen LogP contribution in [0.1, 0.15) is 126 Å². The summed E-state index contributed by atoms with van der Waals surface area (Å²) in [6.07, 6.45) is 21.2. The SMILES string of the molecule is CCCCCCCCCCOc1ccc(N=Cc2ccc(C(=O)SCCCCCCCCC)cc2)cc1. The largest absolute Gasteiger partial charge is 0.494 e. The molecule has 2 aromatic carbocycles. The molecule has 204 valence electrons. The first-order valence-electron chi connectivity index (χ1n) is 14.8. The van der Waals surface area contributed by atoms with E-state index in [1.165, 1.54) is 95.2 Å². The first-order chi connectivity index (χ1) is 18.2. The Bertz CT molecular complexity index is 861. The molecule has 0 fully saturated rings. The van der Waals surface area contributed by atoms with Gasteiger partial charge in [0.2, 0.25) is 5.12 Å². The van der Waals surface area contributed by atoms with Crippen molar-refractivity contribution < 1.29 is 9.53 Å². The zero-order valence-electron chi connectivity index (χ0n) is 23.4. The van der Waals surface area contributed by atoms with E-state index in [9.17, 15) is 4.79 Å². The molecule has 0 aliphatic heterocycles. The zero-order valence-corrected chi connectivity index (χ0v) is 24.2. The van der Waals surface area contributed by atoms with Gasteiger partial charge in [0.15, 0.2) is 0 Å². The fraction of sp³-hybridized carbons (Fsp3) is 0.576. The van der Waals surface area contributed by atoms with Gasteiger partial charge in [-0.2, -0.15) is 0 Å². The van der Waals surface area contributed by atoms with E-state index in [1.54, 1.807) is 0 Å². The van der Waals surface area contributed by atoms with Crippen molar-refractivity contribution in [2.24, 2.45) is 4.99 Å². The summed E-state index contributed by atoms with van der Waals surface area (Å²) >= 11 is 1.44. The number of hydrogen-bond acceptors (Lipinski definition) is 4. The van der Waals surface area contributed by atoms with Crippen molar-refractivity contribution in [2.75, 3.05) is 12.4 Å². The number of rotatable bonds is 21. The molecule has 0 heterocycles. The predicted octanol–water partition coefficient (Wildman–Crippen LogP) is 10.6. The Morgan fingerprint density at radius 1 is 0.703 bits per heavy atom. The molecule has 0 saturated heterocycles. The van der Waals surface area contributed by atoms with Gasteiger partial charge in [-0.1, -0.05) is 121 Å². The molecule has 0 spiro atoms. The first kappa shape index (κ1) is 31.1. The Labute approximate surface area is 230 Å². The topological polar surface area (TPSA) is 38.7 Å². The highest BCUT2D eigenvalue weighted by atomic mass is 32.2. The van der Waals surface area contributed by atoms with Crippen molar-refractivity contribution in [3.63, 3.8) is 0 Å². The van der Waals surface area contributed by atoms with Crippen LogP contribution in [0, 0.1) is 0 Å². The highest BCUT2D eigenvalue weighted by molar-refractivity contribution is 8.14. The molecule has 0 N–H and O–H groups in total. The van der Waals surface area contributed by atoms with E-state index in [2.05, 4.69) is 18.8 Å². The normalized spacial score (nSPS) is 11.3. The molecule has 0 atom stereocenters. The molecular formula is C33H49NO2S. The van der Waals surface area contributed by atoms with E-state index in [1.807, 2.05) is 54.7 Å². The minimum absolute atomic E-state index is 0.164. The van der Waals surface area contributed by atoms with Crippen LogP contribution in [0.5, 0.6) is 5.75 Å². The second-order valence-electron chi connectivity index (χ2n) is 9.95. The second-order valence-corrected chi connectivity index (χ2v) is 11.0. The third-order valence-corrected chi connectivity index (χ3v) is 7.58. The number of hydrogen-bond donors (Lipinski definition) is 0. The first-order valence-corrected chi connectivity index (χ1v) is 15.8. The minimum Gasteiger partial charge on any atom is -0.494 e. The highest BCUT2D eigenvalue weighted by Crippen LogP contribution is 2.20. The standard InChI is InChI=1S/C33H49NO2S/c1-3-5-7-9-11-12-14-16-26-36-32-24-22-31(23-25-32)34-28-29-18-20-30(21-19-29)33(35)37-27-17-15-13-10-8-6-4-2/h18-25,28H,3-17,26-27H2,1-2H3. The maximum Gasteiger partial charge on any atom is 0.219 e. The van der Waals surface area contributed by atoms with Crippen LogP contribution in [0.2, 0.25) is 0 Å². The Hall–Kier alpha value is -2.07. The van der Waals surface area contributed by atoms with Crippen LogP contribution in [0.3, 0.4) is 0 Å². The van der Waals surface area contributed by atoms with Gasteiger partial charge in [0.1, 0.15) is 5.75 Å². The molecule has 0 radical (unpaired) electrons. The van der Waals surface area contributed by atoms with E-state index in [0.29, 0.717) is 0 Å². The van der Waals surface area contributed by atoms with Crippen LogP contribution < -0.4 is 4.74 Å². The van der Waals surface area contributed by atoms with E-state index < -0.39 is 0 Å². The molecule has 0 aliphatic carbocycles. The van der Waals surface area contributed by atoms with Gasteiger partial charge in [0.05, 0.1) is 12.3 Å². The van der Waals surface area contributed by atoms with Gasteiger partial charge in [0, 0.05) is 17.5 Å². The fourth-order valence-electron chi connectivity index (χ4n) is 4.22. The molecule has 3 nitrogen and oxygen atoms in total. The lowest BCUT2D eigenvalue weighted by atomic mass is 10.1. The van der Waals surface area contributed by atoms with Gasteiger partial charge < -0.3 is 4.74 Å². The fourth-order valence-corrected chi connectivity index (χ4v) is 5.05. The minimum atomic E-state index is 0.164. The average Bonchev–Trinajstić information content (AvgIpc) is 2.93. The van der Waals surface area contributed by atoms with Crippen LogP contribution in [0.15, 0.2) is 53.5 Å². The summed E-state index contributed by atoms with van der Waals surface area (Å²) in [4.78, 5) is 17.0. The number of thioether (sulfide) groups is 1. The van der Waals surface area contributed by atoms with Crippen molar-refractivity contribution >= 4 is 28.8 Å². The highest BCUT2D eigenvalue weighted by Gasteiger charge is 2.06. The molecule has 0 saturated carbocycles. The van der Waals surface area contributed by atoms with Crippen LogP contribution in [0.4, 0.5) is 5.69 Å². The van der Waals surface area contributed by atoms with Gasteiger partial charge in [-0.25, -0.2) is 0 Å². The quantitative estimate of drug-likeness (QED) is 0.121. The number of benzene rings is 2. The number of nitrogens with zero attached hydrogens (tertiary/aromatic N) is 1. The molecular weight excluding hydrogens is 474 g/mol. The molecule has 0 aromatic heterocycles. The van der Waals surface area contributed by atoms with E-state index in [0.717, 1.165) is 47.8 Å². The lowest BCUT2D eigenvalue weighted by Gasteiger charge is -2.06. The monoisotopic (exact) mass is 523 g/mol. The summed E-state index contributed by atoms with van der Waals surface area (Å²) in [7, 11) is 0. The molecule has 0 aliphatic rings. The van der Waals surface area contributed by atoms with E-state index >= 15 is 0 Å². The van der Waals surface area contributed by atoms with Crippen LogP contribution in [-0.4, -0.2) is 23.7 Å². The molecule has 0 bridgehead atoms. The number of carbonyl (C=O) groups excluding carboxylic acids is 1. The summed E-state index contributed by atoms with van der Waals surface area (Å²) in [5.74, 6) is 1.81. The van der Waals surface area contributed by atoms with Crippen molar-refractivity contribution in [2.45, 2.75) is 110 Å². The molecule has 2 rings (SSSR count). The van der Waals surface area contributed by atoms with Crippen molar-refractivity contribution in [1.29, 1.82) is 0 Å². The Morgan fingerprint density at radius 3 is 1.84 bits per heavy atom. The van der Waals surface area contributed by atoms with E-state index in [-0.39, 0.29) is 5.12 Å². The van der Waals surface area contributed by atoms with Crippen LogP contribution in [0.25, 0.3) is 0 Å². The smallest absolute Gasteiger partial charge is 0.219 e. The number of ether oxygens (including phenoxy) is 1. The third-order valence-electron chi connectivity index (χ3n) is 6.59. The van der Waals surface area contributed by atoms with Crippen molar-refractivity contribution in [1.82, 2.24) is 0 Å². The van der Waals surface area contributed by atoms with Crippen molar-refractivity contribution in [3.8, 4) is 5.75 Å². The number of carbonyl (C=O) groups is 1. The second kappa shape index (κ2) is 20.9. The average molecular weight is 524 g/mol. The van der Waals surface area contributed by atoms with E-state index in [4.69, 9.17) is 4.74 Å². The molecule has 2 aromatic rings. The Kier molecular flexibility index (Phi) is 17.6. The van der Waals surface area contributed by atoms with Gasteiger partial charge in [-0.05, 0) is 54.8 Å². The molecule has 4 heteroatoms. The van der Waals surface area contributed by atoms with Crippen molar-refractivity contribution in [3.05, 3.63) is 59.7 Å². The molecule has 0 unspecified atom stereocenters. The lowest BCUT2D eigenvalue weighted by molar-refractivity contribution is 0.108. The Balaban J connectivity index is 1.61. The number of unbranched alkanes of at least 4 members (excludes halogenated alkanes) is 13. The Morgan fingerprint density at radius 2 is 1.24 bits per heavy atom. The zero-order chi connectivity index (χ0) is 26.4. The summed E-state index contributed by atoms with van der Waals surface area (Å²) in [6, 6.07) is 15.7. The maximum absolute atomic E-state index is 12.4. The van der Waals surface area contributed by atoms with Gasteiger partial charge in [0.25, 0.3) is 0 Å². The lowest BCUT2D eigenvalue weighted by Crippen LogP contribution is -1.97.